The molecule has 0 aliphatic carbocycles. The summed E-state index contributed by atoms with van der Waals surface area (Å²) in [4.78, 5) is 0. The molecule has 0 radical (unpaired) electrons. The van der Waals surface area contributed by atoms with Crippen LogP contribution in [0.5, 0.6) is 0 Å². The molecule has 0 heterocycles. The third kappa shape index (κ3) is 5.02. The van der Waals surface area contributed by atoms with Gasteiger partial charge in [0.25, 0.3) is 0 Å². The van der Waals surface area contributed by atoms with Crippen molar-refractivity contribution in [3.63, 3.8) is 0 Å². The van der Waals surface area contributed by atoms with Crippen molar-refractivity contribution in [1.82, 2.24) is 0 Å². The smallest absolute Gasteiger partial charge is 0.390 e. The molecular formula is C8H12F6O2. The molecule has 0 aliphatic heterocycles. The molecule has 0 aliphatic rings. The number of hydrogen-bond acceptors (Lipinski definition) is 2. The maximum Gasteiger partial charge on any atom is 0.403 e. The lowest BCUT2D eigenvalue weighted by molar-refractivity contribution is -0.309. The summed E-state index contributed by atoms with van der Waals surface area (Å²) >= 11 is 0. The van der Waals surface area contributed by atoms with Gasteiger partial charge in [0.1, 0.15) is 0 Å². The van der Waals surface area contributed by atoms with E-state index >= 15 is 0 Å². The zero-order valence-electron chi connectivity index (χ0n) is 8.40. The zero-order chi connectivity index (χ0) is 13.0. The Balaban J connectivity index is 4.53. The van der Waals surface area contributed by atoms with Crippen LogP contribution in [0, 0.1) is 5.92 Å². The van der Waals surface area contributed by atoms with E-state index in [0.29, 0.717) is 6.42 Å². The van der Waals surface area contributed by atoms with E-state index in [1.165, 1.54) is 0 Å². The predicted octanol–water partition coefficient (Wildman–Crippen LogP) is 2.51. The molecule has 0 saturated carbocycles. The van der Waals surface area contributed by atoms with Crippen LogP contribution in [0.25, 0.3) is 0 Å². The molecule has 0 fully saturated rings. The number of hydrogen-bond donors (Lipinski definition) is 1. The fraction of sp³-hybridized carbons (Fsp3) is 1.00. The van der Waals surface area contributed by atoms with Crippen LogP contribution in [0.3, 0.4) is 0 Å². The van der Waals surface area contributed by atoms with Gasteiger partial charge in [-0.2, -0.15) is 26.3 Å². The highest BCUT2D eigenvalue weighted by Crippen LogP contribution is 2.41. The van der Waals surface area contributed by atoms with Crippen LogP contribution in [0.2, 0.25) is 0 Å². The van der Waals surface area contributed by atoms with Crippen LogP contribution >= 0.6 is 0 Å². The Morgan fingerprint density at radius 1 is 1.06 bits per heavy atom. The van der Waals surface area contributed by atoms with Gasteiger partial charge in [-0.1, -0.05) is 6.92 Å². The molecule has 1 atom stereocenters. The third-order valence-electron chi connectivity index (χ3n) is 1.73. The minimum Gasteiger partial charge on any atom is -0.390 e. The van der Waals surface area contributed by atoms with E-state index in [0.717, 1.165) is 0 Å². The van der Waals surface area contributed by atoms with Gasteiger partial charge < -0.3 is 9.84 Å². The predicted molar refractivity (Wildman–Crippen MR) is 42.7 cm³/mol. The van der Waals surface area contributed by atoms with Crippen LogP contribution in [-0.2, 0) is 4.74 Å². The molecule has 0 aromatic heterocycles. The normalized spacial score (nSPS) is 15.6. The van der Waals surface area contributed by atoms with Crippen LogP contribution in [0.4, 0.5) is 26.3 Å². The summed E-state index contributed by atoms with van der Waals surface area (Å²) in [7, 11) is 0. The second-order valence-electron chi connectivity index (χ2n) is 3.20. The van der Waals surface area contributed by atoms with Gasteiger partial charge in [0.2, 0.25) is 0 Å². The minimum absolute atomic E-state index is 0.000502. The Hall–Kier alpha value is -0.500. The first kappa shape index (κ1) is 15.5. The molecule has 1 unspecified atom stereocenters. The molecule has 0 saturated heterocycles. The van der Waals surface area contributed by atoms with Crippen molar-refractivity contribution >= 4 is 0 Å². The number of halogens is 6. The van der Waals surface area contributed by atoms with E-state index in [9.17, 15) is 26.3 Å². The Labute approximate surface area is 88.2 Å². The van der Waals surface area contributed by atoms with Crippen LogP contribution in [-0.4, -0.2) is 36.8 Å². The van der Waals surface area contributed by atoms with Gasteiger partial charge in [-0.25, -0.2) is 0 Å². The lowest BCUT2D eigenvalue weighted by Crippen LogP contribution is -2.46. The monoisotopic (exact) mass is 254 g/mol. The fourth-order valence-electron chi connectivity index (χ4n) is 1.07. The van der Waals surface area contributed by atoms with E-state index in [4.69, 9.17) is 5.11 Å². The van der Waals surface area contributed by atoms with E-state index in [1.54, 1.807) is 6.92 Å². The quantitative estimate of drug-likeness (QED) is 0.603. The molecular weight excluding hydrogens is 242 g/mol. The fourth-order valence-corrected chi connectivity index (χ4v) is 1.07. The summed E-state index contributed by atoms with van der Waals surface area (Å²) in [6.07, 6.45) is -13.3. The Morgan fingerprint density at radius 3 is 1.81 bits per heavy atom. The van der Waals surface area contributed by atoms with Crippen molar-refractivity contribution in [2.75, 3.05) is 13.2 Å². The zero-order valence-corrected chi connectivity index (χ0v) is 8.40. The van der Waals surface area contributed by atoms with Crippen LogP contribution < -0.4 is 0 Å². The minimum atomic E-state index is -5.53. The summed E-state index contributed by atoms with van der Waals surface area (Å²) in [5.41, 5.74) is 0. The maximum atomic E-state index is 12.0. The van der Waals surface area contributed by atoms with E-state index in [-0.39, 0.29) is 6.61 Å². The largest absolute Gasteiger partial charge is 0.403 e. The van der Waals surface area contributed by atoms with Crippen LogP contribution in [0.1, 0.15) is 13.3 Å². The van der Waals surface area contributed by atoms with Crippen molar-refractivity contribution in [3.05, 3.63) is 0 Å². The van der Waals surface area contributed by atoms with Crippen molar-refractivity contribution in [2.24, 2.45) is 5.92 Å². The molecule has 0 rings (SSSR count). The second kappa shape index (κ2) is 5.72. The van der Waals surface area contributed by atoms with E-state index in [2.05, 4.69) is 4.74 Å². The first-order chi connectivity index (χ1) is 7.10. The summed E-state index contributed by atoms with van der Waals surface area (Å²) < 4.78 is 76.7. The molecule has 0 spiro atoms. The number of alkyl halides is 6. The second-order valence-corrected chi connectivity index (χ2v) is 3.20. The topological polar surface area (TPSA) is 29.5 Å². The average molecular weight is 254 g/mol. The molecule has 0 aromatic rings. The third-order valence-corrected chi connectivity index (χ3v) is 1.73. The van der Waals surface area contributed by atoms with Gasteiger partial charge in [-0.05, 0) is 6.42 Å². The molecule has 1 N–H and O–H groups in total. The number of rotatable bonds is 5. The van der Waals surface area contributed by atoms with Gasteiger partial charge in [0.05, 0.1) is 12.7 Å². The van der Waals surface area contributed by atoms with Gasteiger partial charge in [-0.3, -0.25) is 0 Å². The highest BCUT2D eigenvalue weighted by Gasteiger charge is 2.60. The van der Waals surface area contributed by atoms with Crippen molar-refractivity contribution in [2.45, 2.75) is 31.8 Å². The highest BCUT2D eigenvalue weighted by atomic mass is 19.4. The molecule has 0 bridgehead atoms. The van der Waals surface area contributed by atoms with Gasteiger partial charge >= 0.3 is 12.4 Å². The van der Waals surface area contributed by atoms with Gasteiger partial charge in [-0.15, -0.1) is 0 Å². The molecule has 0 amide bonds. The summed E-state index contributed by atoms with van der Waals surface area (Å²) in [5.74, 6) is -3.77. The lowest BCUT2D eigenvalue weighted by atomic mass is 10.0. The molecule has 8 heteroatoms. The van der Waals surface area contributed by atoms with Crippen LogP contribution in [0.15, 0.2) is 0 Å². The summed E-state index contributed by atoms with van der Waals surface area (Å²) in [5, 5.41) is 8.84. The van der Waals surface area contributed by atoms with E-state index in [1.807, 2.05) is 0 Å². The Bertz CT molecular complexity index is 186. The van der Waals surface area contributed by atoms with E-state index < -0.39 is 31.0 Å². The molecule has 0 aromatic carbocycles. The average Bonchev–Trinajstić information content (AvgIpc) is 1.98. The van der Waals surface area contributed by atoms with Gasteiger partial charge in [0.15, 0.2) is 5.92 Å². The SMILES string of the molecule is CCCOCC(O)C(C(F)(F)F)C(F)(F)F. The van der Waals surface area contributed by atoms with Crippen molar-refractivity contribution in [1.29, 1.82) is 0 Å². The summed E-state index contributed by atoms with van der Waals surface area (Å²) in [6, 6.07) is 0. The van der Waals surface area contributed by atoms with Crippen molar-refractivity contribution in [3.8, 4) is 0 Å². The van der Waals surface area contributed by atoms with Crippen molar-refractivity contribution < 1.29 is 36.2 Å². The first-order valence-electron chi connectivity index (χ1n) is 4.50. The molecule has 98 valence electrons. The van der Waals surface area contributed by atoms with Gasteiger partial charge in [0, 0.05) is 6.61 Å². The highest BCUT2D eigenvalue weighted by molar-refractivity contribution is 4.82. The number of aliphatic hydroxyl groups is 1. The number of ether oxygens (including phenoxy) is 1. The summed E-state index contributed by atoms with van der Waals surface area (Å²) in [6.45, 7) is 0.647. The molecule has 16 heavy (non-hydrogen) atoms. The number of aliphatic hydroxyl groups excluding tert-OH is 1. The standard InChI is InChI=1S/C8H12F6O2/c1-2-3-16-4-5(15)6(7(9,10)11)8(12,13)14/h5-6,15H,2-4H2,1H3. The Morgan fingerprint density at radius 2 is 1.50 bits per heavy atom. The lowest BCUT2D eigenvalue weighted by Gasteiger charge is -2.27. The maximum absolute atomic E-state index is 12.0. The first-order valence-corrected chi connectivity index (χ1v) is 4.50. The molecule has 2 nitrogen and oxygen atoms in total. The Kier molecular flexibility index (Phi) is 5.54.